The Labute approximate surface area is 180 Å². The van der Waals surface area contributed by atoms with Gasteiger partial charge in [-0.15, -0.1) is 10.2 Å². The van der Waals surface area contributed by atoms with Crippen LogP contribution in [0, 0.1) is 0 Å². The van der Waals surface area contributed by atoms with Crippen molar-refractivity contribution in [3.05, 3.63) is 60.2 Å². The molecule has 7 nitrogen and oxygen atoms in total. The number of hydrogen-bond donors (Lipinski definition) is 1. The van der Waals surface area contributed by atoms with Gasteiger partial charge < -0.3 is 10.2 Å². The molecule has 3 aromatic rings. The van der Waals surface area contributed by atoms with Crippen molar-refractivity contribution in [3.8, 4) is 11.4 Å². The van der Waals surface area contributed by atoms with Gasteiger partial charge in [0.1, 0.15) is 0 Å². The quantitative estimate of drug-likeness (QED) is 0.601. The zero-order valence-electron chi connectivity index (χ0n) is 16.9. The molecule has 1 aliphatic heterocycles. The third kappa shape index (κ3) is 5.60. The zero-order valence-corrected chi connectivity index (χ0v) is 17.7. The molecule has 4 rings (SSSR count). The number of hydrogen-bond acceptors (Lipinski definition) is 6. The van der Waals surface area contributed by atoms with Crippen molar-refractivity contribution in [2.75, 3.05) is 29.5 Å². The summed E-state index contributed by atoms with van der Waals surface area (Å²) in [5, 5.41) is 15.5. The third-order valence-corrected chi connectivity index (χ3v) is 5.99. The monoisotopic (exact) mass is 422 g/mol. The van der Waals surface area contributed by atoms with Crippen LogP contribution in [-0.4, -0.2) is 50.7 Å². The molecule has 1 fully saturated rings. The van der Waals surface area contributed by atoms with Crippen LogP contribution in [0.1, 0.15) is 18.4 Å². The van der Waals surface area contributed by atoms with E-state index in [0.29, 0.717) is 31.8 Å². The van der Waals surface area contributed by atoms with Crippen LogP contribution in [0.3, 0.4) is 0 Å². The molecule has 2 aromatic carbocycles. The molecule has 0 radical (unpaired) electrons. The molecule has 1 saturated heterocycles. The second kappa shape index (κ2) is 10.2. The second-order valence-corrected chi connectivity index (χ2v) is 8.45. The van der Waals surface area contributed by atoms with E-state index in [1.165, 1.54) is 17.2 Å². The molecule has 8 heteroatoms. The first-order chi connectivity index (χ1) is 14.8. The van der Waals surface area contributed by atoms with E-state index in [4.69, 9.17) is 0 Å². The summed E-state index contributed by atoms with van der Waals surface area (Å²) in [5.41, 5.74) is 3.32. The molecule has 0 bridgehead atoms. The minimum Gasteiger partial charge on any atom is -0.370 e. The van der Waals surface area contributed by atoms with Gasteiger partial charge in [0.2, 0.25) is 11.7 Å². The highest BCUT2D eigenvalue weighted by atomic mass is 32.2. The number of benzene rings is 2. The second-order valence-electron chi connectivity index (χ2n) is 7.22. The van der Waals surface area contributed by atoms with Crippen molar-refractivity contribution >= 4 is 23.4 Å². The molecule has 1 N–H and O–H groups in total. The number of thioether (sulfide) groups is 1. The molecule has 1 aromatic heterocycles. The number of tetrazole rings is 1. The molecule has 156 valence electrons. The Kier molecular flexibility index (Phi) is 6.97. The molecular formula is C22H26N6OS. The van der Waals surface area contributed by atoms with Gasteiger partial charge in [-0.3, -0.25) is 4.79 Å². The van der Waals surface area contributed by atoms with Crippen molar-refractivity contribution in [1.29, 1.82) is 0 Å². The number of nitrogens with zero attached hydrogens (tertiary/aromatic N) is 5. The van der Waals surface area contributed by atoms with Crippen molar-refractivity contribution in [1.82, 2.24) is 25.5 Å². The highest BCUT2D eigenvalue weighted by molar-refractivity contribution is 7.99. The maximum Gasteiger partial charge on any atom is 0.220 e. The number of rotatable bonds is 8. The molecular weight excluding hydrogens is 396 g/mol. The van der Waals surface area contributed by atoms with Crippen LogP contribution in [0.15, 0.2) is 54.6 Å². The van der Waals surface area contributed by atoms with Crippen molar-refractivity contribution in [2.24, 2.45) is 0 Å². The fraction of sp³-hybridized carbons (Fsp3) is 0.364. The topological polar surface area (TPSA) is 75.9 Å². The maximum atomic E-state index is 12.2. The van der Waals surface area contributed by atoms with E-state index in [2.05, 4.69) is 49.9 Å². The predicted octanol–water partition coefficient (Wildman–Crippen LogP) is 2.99. The highest BCUT2D eigenvalue weighted by Crippen LogP contribution is 2.20. The van der Waals surface area contributed by atoms with Crippen LogP contribution in [-0.2, 0) is 17.9 Å². The molecule has 30 heavy (non-hydrogen) atoms. The SMILES string of the molecule is O=C(CCCn1nnc(-c2ccccc2)n1)NCc1ccc(N2CCSCC2)cc1. The van der Waals surface area contributed by atoms with Gasteiger partial charge >= 0.3 is 0 Å². The molecule has 0 atom stereocenters. The van der Waals surface area contributed by atoms with Gasteiger partial charge in [0.15, 0.2) is 0 Å². The minimum absolute atomic E-state index is 0.0375. The van der Waals surface area contributed by atoms with Gasteiger partial charge in [-0.25, -0.2) is 0 Å². The van der Waals surface area contributed by atoms with Crippen LogP contribution < -0.4 is 10.2 Å². The highest BCUT2D eigenvalue weighted by Gasteiger charge is 2.11. The first-order valence-corrected chi connectivity index (χ1v) is 11.4. The molecule has 0 unspecified atom stereocenters. The average Bonchev–Trinajstić information content (AvgIpc) is 3.28. The summed E-state index contributed by atoms with van der Waals surface area (Å²) in [7, 11) is 0. The van der Waals surface area contributed by atoms with Gasteiger partial charge in [0.05, 0.1) is 6.54 Å². The van der Waals surface area contributed by atoms with E-state index >= 15 is 0 Å². The summed E-state index contributed by atoms with van der Waals surface area (Å²) in [5.74, 6) is 3.02. The standard InChI is InChI=1S/C22H26N6OS/c29-21(7-4-12-28-25-22(24-26-28)19-5-2-1-3-6-19)23-17-18-8-10-20(11-9-18)27-13-15-30-16-14-27/h1-3,5-6,8-11H,4,7,12-17H2,(H,23,29). The number of nitrogens with one attached hydrogen (secondary N) is 1. The lowest BCUT2D eigenvalue weighted by molar-refractivity contribution is -0.121. The van der Waals surface area contributed by atoms with Crippen LogP contribution in [0.5, 0.6) is 0 Å². The number of aryl methyl sites for hydroxylation is 1. The van der Waals surface area contributed by atoms with Crippen LogP contribution >= 0.6 is 11.8 Å². The van der Waals surface area contributed by atoms with E-state index in [9.17, 15) is 4.79 Å². The Balaban J connectivity index is 1.18. The number of carbonyl (C=O) groups is 1. The number of carbonyl (C=O) groups excluding carboxylic acids is 1. The lowest BCUT2D eigenvalue weighted by atomic mass is 10.2. The van der Waals surface area contributed by atoms with Gasteiger partial charge in [0.25, 0.3) is 0 Å². The Morgan fingerprint density at radius 2 is 1.80 bits per heavy atom. The smallest absolute Gasteiger partial charge is 0.220 e. The van der Waals surface area contributed by atoms with Gasteiger partial charge in [-0.2, -0.15) is 16.6 Å². The molecule has 2 heterocycles. The normalized spacial score (nSPS) is 13.9. The zero-order chi connectivity index (χ0) is 20.6. The summed E-state index contributed by atoms with van der Waals surface area (Å²) in [6, 6.07) is 18.2. The van der Waals surface area contributed by atoms with Gasteiger partial charge in [-0.1, -0.05) is 42.5 Å². The van der Waals surface area contributed by atoms with Gasteiger partial charge in [0, 0.05) is 48.8 Å². The van der Waals surface area contributed by atoms with Crippen LogP contribution in [0.4, 0.5) is 5.69 Å². The summed E-state index contributed by atoms with van der Waals surface area (Å²) >= 11 is 2.01. The van der Waals surface area contributed by atoms with E-state index in [0.717, 1.165) is 24.2 Å². The Morgan fingerprint density at radius 1 is 1.03 bits per heavy atom. The molecule has 1 aliphatic rings. The van der Waals surface area contributed by atoms with Crippen molar-refractivity contribution < 1.29 is 4.79 Å². The first kappa shape index (κ1) is 20.4. The molecule has 0 aliphatic carbocycles. The number of anilines is 1. The maximum absolute atomic E-state index is 12.2. The molecule has 1 amide bonds. The van der Waals surface area contributed by atoms with Crippen molar-refractivity contribution in [2.45, 2.75) is 25.9 Å². The largest absolute Gasteiger partial charge is 0.370 e. The fourth-order valence-electron chi connectivity index (χ4n) is 3.36. The number of amides is 1. The van der Waals surface area contributed by atoms with E-state index < -0.39 is 0 Å². The number of aromatic nitrogens is 4. The van der Waals surface area contributed by atoms with Gasteiger partial charge in [-0.05, 0) is 29.3 Å². The Morgan fingerprint density at radius 3 is 2.57 bits per heavy atom. The summed E-state index contributed by atoms with van der Waals surface area (Å²) in [6.45, 7) is 3.33. The predicted molar refractivity (Wildman–Crippen MR) is 120 cm³/mol. The van der Waals surface area contributed by atoms with E-state index in [-0.39, 0.29) is 5.91 Å². The third-order valence-electron chi connectivity index (χ3n) is 5.05. The Hall–Kier alpha value is -2.87. The Bertz CT molecular complexity index is 938. The first-order valence-electron chi connectivity index (χ1n) is 10.3. The summed E-state index contributed by atoms with van der Waals surface area (Å²) in [6.07, 6.45) is 1.11. The summed E-state index contributed by atoms with van der Waals surface area (Å²) in [4.78, 5) is 16.1. The lowest BCUT2D eigenvalue weighted by Gasteiger charge is -2.28. The van der Waals surface area contributed by atoms with Crippen molar-refractivity contribution in [3.63, 3.8) is 0 Å². The van der Waals surface area contributed by atoms with Crippen LogP contribution in [0.25, 0.3) is 11.4 Å². The van der Waals surface area contributed by atoms with Crippen LogP contribution in [0.2, 0.25) is 0 Å². The fourth-order valence-corrected chi connectivity index (χ4v) is 4.26. The molecule has 0 saturated carbocycles. The van der Waals surface area contributed by atoms with E-state index in [1.54, 1.807) is 4.80 Å². The average molecular weight is 423 g/mol. The van der Waals surface area contributed by atoms with E-state index in [1.807, 2.05) is 42.1 Å². The molecule has 0 spiro atoms. The lowest BCUT2D eigenvalue weighted by Crippen LogP contribution is -2.32. The summed E-state index contributed by atoms with van der Waals surface area (Å²) < 4.78 is 0. The minimum atomic E-state index is 0.0375.